The molecule has 1 N–H and O–H groups in total. The van der Waals surface area contributed by atoms with E-state index in [0.717, 1.165) is 11.8 Å². The molecule has 2 nitrogen and oxygen atoms in total. The fourth-order valence-electron chi connectivity index (χ4n) is 1.58. The Hall–Kier alpha value is -1.58. The highest BCUT2D eigenvalue weighted by Gasteiger charge is 2.15. The van der Waals surface area contributed by atoms with E-state index in [4.69, 9.17) is 5.11 Å². The van der Waals surface area contributed by atoms with Crippen molar-refractivity contribution >= 4 is 10.9 Å². The number of fused-ring (bicyclic) bond motifs is 1. The zero-order valence-corrected chi connectivity index (χ0v) is 7.81. The summed E-state index contributed by atoms with van der Waals surface area (Å²) in [7, 11) is 1.65. The normalized spacial score (nSPS) is 11.1. The molecular weight excluding hydrogens is 188 g/mol. The molecule has 2 rings (SSSR count). The van der Waals surface area contributed by atoms with Crippen LogP contribution in [0.2, 0.25) is 0 Å². The molecular formula is C10H9F2NO. The Kier molecular flexibility index (Phi) is 1.74. The van der Waals surface area contributed by atoms with E-state index in [1.54, 1.807) is 18.5 Å². The molecule has 0 saturated heterocycles. The van der Waals surface area contributed by atoms with Crippen molar-refractivity contribution in [1.29, 1.82) is 0 Å². The Morgan fingerprint density at radius 3 is 2.57 bits per heavy atom. The van der Waals surface area contributed by atoms with Gasteiger partial charge in [-0.05, 0) is 13.0 Å². The van der Waals surface area contributed by atoms with Crippen molar-refractivity contribution in [3.05, 3.63) is 29.5 Å². The molecule has 0 aliphatic rings. The van der Waals surface area contributed by atoms with Crippen LogP contribution in [0.5, 0.6) is 5.75 Å². The molecule has 1 aromatic carbocycles. The Morgan fingerprint density at radius 2 is 1.93 bits per heavy atom. The van der Waals surface area contributed by atoms with E-state index in [0.29, 0.717) is 0 Å². The third-order valence-corrected chi connectivity index (χ3v) is 2.42. The summed E-state index contributed by atoms with van der Waals surface area (Å²) in [4.78, 5) is 0. The number of hydrogen-bond donors (Lipinski definition) is 1. The number of hydrogen-bond acceptors (Lipinski definition) is 1. The van der Waals surface area contributed by atoms with Crippen LogP contribution in [0.15, 0.2) is 12.1 Å². The third-order valence-electron chi connectivity index (χ3n) is 2.42. The van der Waals surface area contributed by atoms with Crippen LogP contribution in [-0.4, -0.2) is 9.67 Å². The summed E-state index contributed by atoms with van der Waals surface area (Å²) in [6, 6.07) is 2.30. The number of rotatable bonds is 0. The molecule has 1 heterocycles. The van der Waals surface area contributed by atoms with Gasteiger partial charge in [-0.3, -0.25) is 0 Å². The Labute approximate surface area is 79.4 Å². The van der Waals surface area contributed by atoms with Gasteiger partial charge in [-0.25, -0.2) is 8.78 Å². The number of benzene rings is 1. The van der Waals surface area contributed by atoms with E-state index in [1.807, 2.05) is 0 Å². The molecule has 0 aliphatic heterocycles. The maximum atomic E-state index is 13.4. The minimum absolute atomic E-state index is 0.113. The maximum Gasteiger partial charge on any atom is 0.174 e. The Morgan fingerprint density at radius 1 is 1.29 bits per heavy atom. The van der Waals surface area contributed by atoms with E-state index in [9.17, 15) is 8.78 Å². The number of halogens is 2. The predicted molar refractivity (Wildman–Crippen MR) is 49.2 cm³/mol. The van der Waals surface area contributed by atoms with Gasteiger partial charge in [0.05, 0.1) is 5.52 Å². The van der Waals surface area contributed by atoms with Crippen LogP contribution in [0.4, 0.5) is 8.78 Å². The first-order valence-electron chi connectivity index (χ1n) is 4.15. The summed E-state index contributed by atoms with van der Waals surface area (Å²) in [5.41, 5.74) is 0.918. The molecule has 0 aliphatic carbocycles. The van der Waals surface area contributed by atoms with Crippen LogP contribution in [-0.2, 0) is 7.05 Å². The van der Waals surface area contributed by atoms with Crippen molar-refractivity contribution in [1.82, 2.24) is 4.57 Å². The molecule has 0 unspecified atom stereocenters. The quantitative estimate of drug-likeness (QED) is 0.689. The summed E-state index contributed by atoms with van der Waals surface area (Å²) in [5, 5.41) is 9.19. The van der Waals surface area contributed by atoms with Crippen molar-refractivity contribution in [2.24, 2.45) is 7.05 Å². The van der Waals surface area contributed by atoms with Crippen molar-refractivity contribution in [3.8, 4) is 5.75 Å². The van der Waals surface area contributed by atoms with Gasteiger partial charge in [0.1, 0.15) is 0 Å². The third kappa shape index (κ3) is 0.999. The molecule has 74 valence electrons. The second-order valence-corrected chi connectivity index (χ2v) is 3.30. The SMILES string of the molecule is Cc1cc2c(F)c(O)cc(F)c2n1C. The number of phenolic OH excluding ortho intramolecular Hbond substituents is 1. The van der Waals surface area contributed by atoms with Crippen LogP contribution in [0, 0.1) is 18.6 Å². The van der Waals surface area contributed by atoms with E-state index in [2.05, 4.69) is 0 Å². The smallest absolute Gasteiger partial charge is 0.174 e. The lowest BCUT2D eigenvalue weighted by Gasteiger charge is -2.02. The standard InChI is InChI=1S/C10H9F2NO/c1-5-3-6-9(12)8(14)4-7(11)10(6)13(5)2/h3-4,14H,1-2H3. The lowest BCUT2D eigenvalue weighted by atomic mass is 10.2. The largest absolute Gasteiger partial charge is 0.505 e. The molecule has 0 spiro atoms. The first-order chi connectivity index (χ1) is 6.52. The molecule has 0 radical (unpaired) electrons. The zero-order chi connectivity index (χ0) is 10.5. The first kappa shape index (κ1) is 8.99. The van der Waals surface area contributed by atoms with Gasteiger partial charge < -0.3 is 9.67 Å². The highest BCUT2D eigenvalue weighted by Crippen LogP contribution is 2.29. The topological polar surface area (TPSA) is 25.2 Å². The minimum atomic E-state index is -0.773. The van der Waals surface area contributed by atoms with Crippen LogP contribution < -0.4 is 0 Å². The van der Waals surface area contributed by atoms with Gasteiger partial charge >= 0.3 is 0 Å². The van der Waals surface area contributed by atoms with Crippen molar-refractivity contribution < 1.29 is 13.9 Å². The summed E-state index contributed by atoms with van der Waals surface area (Å²) >= 11 is 0. The van der Waals surface area contributed by atoms with E-state index in [1.165, 1.54) is 6.07 Å². The molecule has 14 heavy (non-hydrogen) atoms. The fraction of sp³-hybridized carbons (Fsp3) is 0.200. The van der Waals surface area contributed by atoms with Gasteiger partial charge in [0, 0.05) is 24.2 Å². The van der Waals surface area contributed by atoms with Crippen molar-refractivity contribution in [2.75, 3.05) is 0 Å². The highest BCUT2D eigenvalue weighted by atomic mass is 19.1. The lowest BCUT2D eigenvalue weighted by molar-refractivity contribution is 0.431. The monoisotopic (exact) mass is 197 g/mol. The average Bonchev–Trinajstić information content (AvgIpc) is 2.40. The zero-order valence-electron chi connectivity index (χ0n) is 7.81. The predicted octanol–water partition coefficient (Wildman–Crippen LogP) is 2.47. The highest BCUT2D eigenvalue weighted by molar-refractivity contribution is 5.84. The molecule has 4 heteroatoms. The Bertz CT molecular complexity index is 517. The van der Waals surface area contributed by atoms with Gasteiger partial charge in [0.15, 0.2) is 17.4 Å². The number of aromatic hydroxyl groups is 1. The molecule has 0 atom stereocenters. The van der Waals surface area contributed by atoms with Gasteiger partial charge in [-0.15, -0.1) is 0 Å². The summed E-state index contributed by atoms with van der Waals surface area (Å²) < 4.78 is 28.2. The second kappa shape index (κ2) is 2.70. The van der Waals surface area contributed by atoms with E-state index in [-0.39, 0.29) is 10.9 Å². The lowest BCUT2D eigenvalue weighted by Crippen LogP contribution is -1.93. The maximum absolute atomic E-state index is 13.4. The summed E-state index contributed by atoms with van der Waals surface area (Å²) in [5.74, 6) is -2.04. The van der Waals surface area contributed by atoms with Crippen LogP contribution in [0.1, 0.15) is 5.69 Å². The second-order valence-electron chi connectivity index (χ2n) is 3.30. The fourth-order valence-corrected chi connectivity index (χ4v) is 1.58. The van der Waals surface area contributed by atoms with Crippen LogP contribution >= 0.6 is 0 Å². The van der Waals surface area contributed by atoms with Crippen molar-refractivity contribution in [3.63, 3.8) is 0 Å². The van der Waals surface area contributed by atoms with Gasteiger partial charge in [-0.2, -0.15) is 0 Å². The van der Waals surface area contributed by atoms with Gasteiger partial charge in [0.25, 0.3) is 0 Å². The minimum Gasteiger partial charge on any atom is -0.505 e. The molecule has 0 saturated carbocycles. The molecule has 0 fully saturated rings. The van der Waals surface area contributed by atoms with Crippen molar-refractivity contribution in [2.45, 2.75) is 6.92 Å². The molecule has 2 aromatic rings. The van der Waals surface area contributed by atoms with Gasteiger partial charge in [0.2, 0.25) is 0 Å². The van der Waals surface area contributed by atoms with Crippen LogP contribution in [0.25, 0.3) is 10.9 Å². The number of phenols is 1. The van der Waals surface area contributed by atoms with E-state index >= 15 is 0 Å². The molecule has 0 bridgehead atoms. The average molecular weight is 197 g/mol. The number of nitrogens with zero attached hydrogens (tertiary/aromatic N) is 1. The number of aryl methyl sites for hydroxylation is 2. The van der Waals surface area contributed by atoms with E-state index < -0.39 is 17.4 Å². The summed E-state index contributed by atoms with van der Waals surface area (Å²) in [6.07, 6.45) is 0. The number of aromatic nitrogens is 1. The first-order valence-corrected chi connectivity index (χ1v) is 4.15. The van der Waals surface area contributed by atoms with Crippen LogP contribution in [0.3, 0.4) is 0 Å². The summed E-state index contributed by atoms with van der Waals surface area (Å²) in [6.45, 7) is 1.75. The van der Waals surface area contributed by atoms with Gasteiger partial charge in [-0.1, -0.05) is 0 Å². The molecule has 1 aromatic heterocycles. The molecule has 0 amide bonds. The Balaban J connectivity index is 3.02.